The number of halogens is 1. The summed E-state index contributed by atoms with van der Waals surface area (Å²) in [6.45, 7) is 1.95. The number of carboxylic acid groups (broad SMARTS) is 1. The van der Waals surface area contributed by atoms with Crippen LogP contribution in [0.5, 0.6) is 0 Å². The molecule has 96 valence electrons. The molecule has 0 atom stereocenters. The maximum Gasteiger partial charge on any atom is 0.349 e. The highest BCUT2D eigenvalue weighted by molar-refractivity contribution is 6.31. The third-order valence-corrected chi connectivity index (χ3v) is 2.19. The Balaban J connectivity index is 0.000000321. The van der Waals surface area contributed by atoms with Crippen LogP contribution < -0.4 is 5.73 Å². The van der Waals surface area contributed by atoms with Gasteiger partial charge in [-0.3, -0.25) is 0 Å². The summed E-state index contributed by atoms with van der Waals surface area (Å²) >= 11 is 5.73. The van der Waals surface area contributed by atoms with Crippen LogP contribution in [0, 0.1) is 18.3 Å². The predicted octanol–water partition coefficient (Wildman–Crippen LogP) is 2.36. The van der Waals surface area contributed by atoms with Crippen molar-refractivity contribution in [1.82, 2.24) is 0 Å². The van der Waals surface area contributed by atoms with Gasteiger partial charge in [0.1, 0.15) is 12.3 Å². The molecule has 0 spiro atoms. The molecule has 5 nitrogen and oxygen atoms in total. The van der Waals surface area contributed by atoms with Crippen LogP contribution in [0.3, 0.4) is 0 Å². The standard InChI is InChI=1S/C7H8ClN.C5H5NO3/c1-5-2-3-6(9)4-7(5)8;1-9-3-4(2-6)5(7)8/h2-4H,9H2,1H3;3H,1H3,(H,7,8). The lowest BCUT2D eigenvalue weighted by Gasteiger charge is -1.96. The van der Waals surface area contributed by atoms with Crippen molar-refractivity contribution in [2.24, 2.45) is 0 Å². The van der Waals surface area contributed by atoms with Gasteiger partial charge in [0.05, 0.1) is 7.11 Å². The molecule has 0 aromatic heterocycles. The van der Waals surface area contributed by atoms with Crippen molar-refractivity contribution in [3.05, 3.63) is 40.6 Å². The summed E-state index contributed by atoms with van der Waals surface area (Å²) in [5, 5.41) is 16.9. The van der Waals surface area contributed by atoms with Crippen LogP contribution in [-0.4, -0.2) is 18.2 Å². The summed E-state index contributed by atoms with van der Waals surface area (Å²) in [4.78, 5) is 9.95. The fourth-order valence-electron chi connectivity index (χ4n) is 0.852. The quantitative estimate of drug-likeness (QED) is 0.371. The van der Waals surface area contributed by atoms with E-state index >= 15 is 0 Å². The monoisotopic (exact) mass is 268 g/mol. The number of nitrogen functional groups attached to an aromatic ring is 1. The molecule has 0 unspecified atom stereocenters. The van der Waals surface area contributed by atoms with Gasteiger partial charge in [-0.1, -0.05) is 17.7 Å². The molecule has 18 heavy (non-hydrogen) atoms. The van der Waals surface area contributed by atoms with E-state index in [1.807, 2.05) is 19.1 Å². The summed E-state index contributed by atoms with van der Waals surface area (Å²) < 4.78 is 4.29. The Morgan fingerprint density at radius 3 is 2.50 bits per heavy atom. The summed E-state index contributed by atoms with van der Waals surface area (Å²) in [7, 11) is 1.28. The predicted molar refractivity (Wildman–Crippen MR) is 68.9 cm³/mol. The molecule has 1 aromatic rings. The largest absolute Gasteiger partial charge is 0.503 e. The van der Waals surface area contributed by atoms with Gasteiger partial charge >= 0.3 is 5.97 Å². The summed E-state index contributed by atoms with van der Waals surface area (Å²) in [6, 6.07) is 6.92. The molecule has 0 saturated heterocycles. The van der Waals surface area contributed by atoms with Gasteiger partial charge in [0.25, 0.3) is 0 Å². The van der Waals surface area contributed by atoms with Gasteiger partial charge in [-0.15, -0.1) is 0 Å². The van der Waals surface area contributed by atoms with Crippen molar-refractivity contribution >= 4 is 23.3 Å². The second-order valence-electron chi connectivity index (χ2n) is 3.19. The topological polar surface area (TPSA) is 96.3 Å². The molecule has 6 heteroatoms. The number of carbonyl (C=O) groups is 1. The van der Waals surface area contributed by atoms with Crippen molar-refractivity contribution < 1.29 is 14.6 Å². The smallest absolute Gasteiger partial charge is 0.349 e. The molecule has 0 fully saturated rings. The minimum absolute atomic E-state index is 0.405. The number of anilines is 1. The lowest BCUT2D eigenvalue weighted by atomic mass is 10.2. The van der Waals surface area contributed by atoms with Gasteiger partial charge in [0.2, 0.25) is 0 Å². The van der Waals surface area contributed by atoms with E-state index < -0.39 is 11.5 Å². The van der Waals surface area contributed by atoms with Gasteiger partial charge in [-0.2, -0.15) is 5.26 Å². The normalized spacial score (nSPS) is 9.78. The van der Waals surface area contributed by atoms with E-state index in [1.165, 1.54) is 13.2 Å². The van der Waals surface area contributed by atoms with Crippen LogP contribution in [0.4, 0.5) is 5.69 Å². The molecular formula is C12H13ClN2O3. The third kappa shape index (κ3) is 5.77. The number of carboxylic acids is 1. The lowest BCUT2D eigenvalue weighted by molar-refractivity contribution is -0.132. The number of methoxy groups -OCH3 is 1. The number of aryl methyl sites for hydroxylation is 1. The van der Waals surface area contributed by atoms with Crippen LogP contribution in [-0.2, 0) is 9.53 Å². The Morgan fingerprint density at radius 2 is 2.22 bits per heavy atom. The van der Waals surface area contributed by atoms with Crippen molar-refractivity contribution in [2.75, 3.05) is 12.8 Å². The van der Waals surface area contributed by atoms with E-state index in [9.17, 15) is 4.79 Å². The molecule has 1 aromatic carbocycles. The average Bonchev–Trinajstić information content (AvgIpc) is 2.31. The van der Waals surface area contributed by atoms with Gasteiger partial charge in [0, 0.05) is 10.7 Å². The van der Waals surface area contributed by atoms with E-state index in [2.05, 4.69) is 4.74 Å². The first-order chi connectivity index (χ1) is 8.42. The molecule has 0 radical (unpaired) electrons. The zero-order valence-corrected chi connectivity index (χ0v) is 10.7. The van der Waals surface area contributed by atoms with E-state index in [4.69, 9.17) is 27.7 Å². The summed E-state index contributed by atoms with van der Waals surface area (Å²) in [5.74, 6) is -1.28. The molecule has 0 bridgehead atoms. The fraction of sp³-hybridized carbons (Fsp3) is 0.167. The first-order valence-corrected chi connectivity index (χ1v) is 5.18. The number of nitriles is 1. The molecule has 0 amide bonds. The number of hydrogen-bond acceptors (Lipinski definition) is 4. The van der Waals surface area contributed by atoms with Crippen LogP contribution in [0.25, 0.3) is 0 Å². The zero-order valence-electron chi connectivity index (χ0n) is 9.98. The summed E-state index contributed by atoms with van der Waals surface area (Å²) in [6.07, 6.45) is 0.877. The lowest BCUT2D eigenvalue weighted by Crippen LogP contribution is -1.97. The minimum Gasteiger partial charge on any atom is -0.503 e. The number of nitrogens with two attached hydrogens (primary N) is 1. The van der Waals surface area contributed by atoms with Crippen molar-refractivity contribution in [3.63, 3.8) is 0 Å². The average molecular weight is 269 g/mol. The van der Waals surface area contributed by atoms with E-state index in [-0.39, 0.29) is 0 Å². The maximum absolute atomic E-state index is 9.95. The molecule has 3 N–H and O–H groups in total. The van der Waals surface area contributed by atoms with Crippen LogP contribution in [0.15, 0.2) is 30.0 Å². The molecule has 0 aliphatic carbocycles. The fourth-order valence-corrected chi connectivity index (χ4v) is 1.04. The Bertz CT molecular complexity index is 493. The van der Waals surface area contributed by atoms with E-state index in [0.717, 1.165) is 16.8 Å². The molecule has 0 aliphatic heterocycles. The molecular weight excluding hydrogens is 256 g/mol. The Hall–Kier alpha value is -2.19. The van der Waals surface area contributed by atoms with E-state index in [0.29, 0.717) is 5.69 Å². The zero-order chi connectivity index (χ0) is 14.1. The van der Waals surface area contributed by atoms with E-state index in [1.54, 1.807) is 6.07 Å². The SMILES string of the molecule is COC=C(C#N)C(=O)O.Cc1ccc(N)cc1Cl. The van der Waals surface area contributed by atoms with Crippen molar-refractivity contribution in [1.29, 1.82) is 5.26 Å². The summed E-state index contributed by atoms with van der Waals surface area (Å²) in [5.41, 5.74) is 6.81. The first kappa shape index (κ1) is 15.8. The minimum atomic E-state index is -1.28. The highest BCUT2D eigenvalue weighted by atomic mass is 35.5. The highest BCUT2D eigenvalue weighted by Gasteiger charge is 2.03. The van der Waals surface area contributed by atoms with Crippen LogP contribution >= 0.6 is 11.6 Å². The number of hydrogen-bond donors (Lipinski definition) is 2. The number of aliphatic carboxylic acids is 1. The Labute approximate surface area is 110 Å². The molecule has 0 heterocycles. The molecule has 1 rings (SSSR count). The van der Waals surface area contributed by atoms with Crippen molar-refractivity contribution in [2.45, 2.75) is 6.92 Å². The Morgan fingerprint density at radius 1 is 1.61 bits per heavy atom. The Kier molecular flexibility index (Phi) is 7.01. The number of nitrogens with zero attached hydrogens (tertiary/aromatic N) is 1. The van der Waals surface area contributed by atoms with Gasteiger partial charge < -0.3 is 15.6 Å². The van der Waals surface area contributed by atoms with Crippen LogP contribution in [0.2, 0.25) is 5.02 Å². The second kappa shape index (κ2) is 7.98. The number of rotatable bonds is 2. The number of benzene rings is 1. The third-order valence-electron chi connectivity index (χ3n) is 1.78. The van der Waals surface area contributed by atoms with Gasteiger partial charge in [-0.25, -0.2) is 4.79 Å². The number of ether oxygens (including phenoxy) is 1. The van der Waals surface area contributed by atoms with Gasteiger partial charge in [0.15, 0.2) is 5.57 Å². The maximum atomic E-state index is 9.95. The van der Waals surface area contributed by atoms with Gasteiger partial charge in [-0.05, 0) is 24.6 Å². The second-order valence-corrected chi connectivity index (χ2v) is 3.60. The first-order valence-electron chi connectivity index (χ1n) is 4.80. The van der Waals surface area contributed by atoms with Crippen LogP contribution in [0.1, 0.15) is 5.56 Å². The molecule has 0 aliphatic rings. The van der Waals surface area contributed by atoms with Crippen molar-refractivity contribution in [3.8, 4) is 6.07 Å². The molecule has 0 saturated carbocycles. The highest BCUT2D eigenvalue weighted by Crippen LogP contribution is 2.17.